The predicted molar refractivity (Wildman–Crippen MR) is 108 cm³/mol. The summed E-state index contributed by atoms with van der Waals surface area (Å²) in [6.45, 7) is 5.73. The van der Waals surface area contributed by atoms with Crippen molar-refractivity contribution in [3.63, 3.8) is 0 Å². The minimum atomic E-state index is 0.573. The number of methoxy groups -OCH3 is 2. The maximum atomic E-state index is 6.38. The van der Waals surface area contributed by atoms with Crippen LogP contribution < -0.4 is 10.1 Å². The lowest BCUT2D eigenvalue weighted by Crippen LogP contribution is -1.96. The van der Waals surface area contributed by atoms with Crippen LogP contribution in [0.2, 0.25) is 5.02 Å². The van der Waals surface area contributed by atoms with Crippen LogP contribution in [0.15, 0.2) is 42.3 Å². The van der Waals surface area contributed by atoms with Gasteiger partial charge < -0.3 is 14.8 Å². The lowest BCUT2D eigenvalue weighted by Gasteiger charge is -2.14. The SMILES string of the molecule is C=C/C=C(/C=C(/OC)c1ccc(OC)c(Cl)c1C)c1csc(NC)n1. The molecule has 0 aliphatic rings. The molecule has 0 unspecified atom stereocenters. The number of thiazole rings is 1. The summed E-state index contributed by atoms with van der Waals surface area (Å²) in [5.41, 5.74) is 3.53. The summed E-state index contributed by atoms with van der Waals surface area (Å²) in [6.07, 6.45) is 5.56. The minimum absolute atomic E-state index is 0.573. The Labute approximate surface area is 157 Å². The highest BCUT2D eigenvalue weighted by molar-refractivity contribution is 7.13. The van der Waals surface area contributed by atoms with Gasteiger partial charge in [-0.3, -0.25) is 0 Å². The van der Waals surface area contributed by atoms with Crippen LogP contribution in [0, 0.1) is 6.92 Å². The number of hydrogen-bond acceptors (Lipinski definition) is 5. The van der Waals surface area contributed by atoms with Crippen molar-refractivity contribution in [1.29, 1.82) is 0 Å². The summed E-state index contributed by atoms with van der Waals surface area (Å²) in [5, 5.41) is 6.45. The Morgan fingerprint density at radius 2 is 2.12 bits per heavy atom. The number of hydrogen-bond donors (Lipinski definition) is 1. The Morgan fingerprint density at radius 3 is 2.68 bits per heavy atom. The summed E-state index contributed by atoms with van der Waals surface area (Å²) in [4.78, 5) is 4.54. The second-order valence-electron chi connectivity index (χ2n) is 5.11. The van der Waals surface area contributed by atoms with Crippen molar-refractivity contribution < 1.29 is 9.47 Å². The van der Waals surface area contributed by atoms with E-state index in [0.29, 0.717) is 16.5 Å². The van der Waals surface area contributed by atoms with Gasteiger partial charge in [-0.2, -0.15) is 0 Å². The van der Waals surface area contributed by atoms with E-state index in [4.69, 9.17) is 21.1 Å². The second kappa shape index (κ2) is 8.74. The number of allylic oxidation sites excluding steroid dienone is 4. The average Bonchev–Trinajstić information content (AvgIpc) is 3.10. The monoisotopic (exact) mass is 376 g/mol. The first-order valence-electron chi connectivity index (χ1n) is 7.61. The fourth-order valence-electron chi connectivity index (χ4n) is 2.33. The van der Waals surface area contributed by atoms with Crippen LogP contribution in [0.25, 0.3) is 11.3 Å². The Balaban J connectivity index is 2.52. The zero-order valence-electron chi connectivity index (χ0n) is 14.7. The number of rotatable bonds is 7. The summed E-state index contributed by atoms with van der Waals surface area (Å²) >= 11 is 7.92. The molecule has 0 aliphatic carbocycles. The van der Waals surface area contributed by atoms with E-state index in [2.05, 4.69) is 16.9 Å². The van der Waals surface area contributed by atoms with Gasteiger partial charge >= 0.3 is 0 Å². The number of anilines is 1. The molecule has 1 aromatic heterocycles. The van der Waals surface area contributed by atoms with Crippen LogP contribution in [0.4, 0.5) is 5.13 Å². The molecule has 0 fully saturated rings. The number of nitrogens with one attached hydrogen (secondary N) is 1. The number of halogens is 1. The largest absolute Gasteiger partial charge is 0.496 e. The molecule has 6 heteroatoms. The van der Waals surface area contributed by atoms with Gasteiger partial charge in [-0.1, -0.05) is 30.3 Å². The summed E-state index contributed by atoms with van der Waals surface area (Å²) in [5.74, 6) is 1.33. The molecule has 0 bridgehead atoms. The summed E-state index contributed by atoms with van der Waals surface area (Å²) < 4.78 is 10.9. The number of nitrogens with zero attached hydrogens (tertiary/aromatic N) is 1. The molecule has 4 nitrogen and oxygen atoms in total. The van der Waals surface area contributed by atoms with Crippen molar-refractivity contribution in [2.45, 2.75) is 6.92 Å². The smallest absolute Gasteiger partial charge is 0.182 e. The molecule has 1 N–H and O–H groups in total. The van der Waals surface area contributed by atoms with Crippen molar-refractivity contribution in [2.75, 3.05) is 26.6 Å². The summed E-state index contributed by atoms with van der Waals surface area (Å²) in [6, 6.07) is 3.76. The molecule has 0 amide bonds. The first-order valence-corrected chi connectivity index (χ1v) is 8.87. The van der Waals surface area contributed by atoms with E-state index in [1.165, 1.54) is 11.3 Å². The Kier molecular flexibility index (Phi) is 6.67. The van der Waals surface area contributed by atoms with Gasteiger partial charge in [-0.15, -0.1) is 11.3 Å². The second-order valence-corrected chi connectivity index (χ2v) is 6.35. The van der Waals surface area contributed by atoms with Gasteiger partial charge in [0.05, 0.1) is 24.9 Å². The molecule has 0 saturated heterocycles. The molecular formula is C19H21ClN2O2S. The maximum absolute atomic E-state index is 6.38. The van der Waals surface area contributed by atoms with E-state index >= 15 is 0 Å². The van der Waals surface area contributed by atoms with Gasteiger partial charge in [-0.25, -0.2) is 4.98 Å². The van der Waals surface area contributed by atoms with Crippen LogP contribution in [0.1, 0.15) is 16.8 Å². The van der Waals surface area contributed by atoms with Gasteiger partial charge in [0.2, 0.25) is 0 Å². The topological polar surface area (TPSA) is 43.4 Å². The molecular weight excluding hydrogens is 356 g/mol. The normalized spacial score (nSPS) is 12.0. The number of ether oxygens (including phenoxy) is 2. The van der Waals surface area contributed by atoms with Crippen molar-refractivity contribution in [3.8, 4) is 5.75 Å². The third-order valence-corrected chi connectivity index (χ3v) is 4.98. The molecule has 0 saturated carbocycles. The van der Waals surface area contributed by atoms with E-state index < -0.39 is 0 Å². The molecule has 1 heterocycles. The van der Waals surface area contributed by atoms with Crippen molar-refractivity contribution in [3.05, 3.63) is 64.2 Å². The fourth-order valence-corrected chi connectivity index (χ4v) is 3.25. The Bertz CT molecular complexity index is 825. The van der Waals surface area contributed by atoms with E-state index in [9.17, 15) is 0 Å². The van der Waals surface area contributed by atoms with Gasteiger partial charge in [0.15, 0.2) is 5.13 Å². The standard InChI is InChI=1S/C19H21ClN2O2S/c1-6-7-13(15-11-25-19(21-3)22-15)10-17(24-5)14-8-9-16(23-4)18(20)12(14)2/h6-11H,1H2,2-5H3,(H,21,22)/b13-7-,17-10+. The summed E-state index contributed by atoms with van der Waals surface area (Å²) in [7, 11) is 5.08. The van der Waals surface area contributed by atoms with Gasteiger partial charge in [0.1, 0.15) is 11.5 Å². The van der Waals surface area contributed by atoms with Crippen molar-refractivity contribution >= 4 is 39.4 Å². The van der Waals surface area contributed by atoms with Crippen LogP contribution in [-0.2, 0) is 4.74 Å². The number of aromatic nitrogens is 1. The van der Waals surface area contributed by atoms with Crippen molar-refractivity contribution in [2.24, 2.45) is 0 Å². The fraction of sp³-hybridized carbons (Fsp3) is 0.211. The van der Waals surface area contributed by atoms with E-state index in [1.807, 2.05) is 43.6 Å². The lowest BCUT2D eigenvalue weighted by molar-refractivity contribution is 0.369. The van der Waals surface area contributed by atoms with E-state index in [1.54, 1.807) is 20.3 Å². The van der Waals surface area contributed by atoms with Gasteiger partial charge in [0.25, 0.3) is 0 Å². The lowest BCUT2D eigenvalue weighted by atomic mass is 10.0. The van der Waals surface area contributed by atoms with E-state index in [-0.39, 0.29) is 0 Å². The molecule has 1 aromatic carbocycles. The van der Waals surface area contributed by atoms with Crippen LogP contribution in [0.5, 0.6) is 5.75 Å². The predicted octanol–water partition coefficient (Wildman–Crippen LogP) is 5.41. The molecule has 0 spiro atoms. The zero-order chi connectivity index (χ0) is 18.4. The van der Waals surface area contributed by atoms with Gasteiger partial charge in [0, 0.05) is 23.6 Å². The quantitative estimate of drug-likeness (QED) is 0.518. The molecule has 0 aliphatic heterocycles. The highest BCUT2D eigenvalue weighted by Crippen LogP contribution is 2.34. The molecule has 2 rings (SSSR count). The first kappa shape index (κ1) is 19.1. The van der Waals surface area contributed by atoms with Crippen LogP contribution >= 0.6 is 22.9 Å². The highest BCUT2D eigenvalue weighted by atomic mass is 35.5. The average molecular weight is 377 g/mol. The van der Waals surface area contributed by atoms with Crippen LogP contribution in [0.3, 0.4) is 0 Å². The van der Waals surface area contributed by atoms with Crippen LogP contribution in [-0.4, -0.2) is 26.3 Å². The molecule has 0 atom stereocenters. The third kappa shape index (κ3) is 4.24. The first-order chi connectivity index (χ1) is 12.0. The Morgan fingerprint density at radius 1 is 1.36 bits per heavy atom. The highest BCUT2D eigenvalue weighted by Gasteiger charge is 2.14. The van der Waals surface area contributed by atoms with E-state index in [0.717, 1.165) is 27.5 Å². The zero-order valence-corrected chi connectivity index (χ0v) is 16.3. The third-order valence-electron chi connectivity index (χ3n) is 3.65. The van der Waals surface area contributed by atoms with Gasteiger partial charge in [-0.05, 0) is 30.7 Å². The number of benzene rings is 1. The van der Waals surface area contributed by atoms with Crippen molar-refractivity contribution in [1.82, 2.24) is 4.98 Å². The molecule has 2 aromatic rings. The molecule has 0 radical (unpaired) electrons. The molecule has 132 valence electrons. The Hall–Kier alpha value is -2.24. The minimum Gasteiger partial charge on any atom is -0.496 e. The maximum Gasteiger partial charge on any atom is 0.182 e. The molecule has 25 heavy (non-hydrogen) atoms.